The summed E-state index contributed by atoms with van der Waals surface area (Å²) in [6.45, 7) is 2.38. The van der Waals surface area contributed by atoms with E-state index in [1.54, 1.807) is 13.1 Å². The number of likely N-dealkylation sites (tertiary alicyclic amines) is 1. The van der Waals surface area contributed by atoms with Crippen molar-refractivity contribution in [1.82, 2.24) is 14.5 Å². The maximum atomic E-state index is 12.5. The van der Waals surface area contributed by atoms with E-state index in [0.29, 0.717) is 25.4 Å². The Kier molecular flexibility index (Phi) is 4.74. The summed E-state index contributed by atoms with van der Waals surface area (Å²) in [5, 5.41) is 2.68. The first kappa shape index (κ1) is 16.5. The third kappa shape index (κ3) is 3.29. The van der Waals surface area contributed by atoms with Crippen LogP contribution in [0.15, 0.2) is 21.6 Å². The zero-order chi connectivity index (χ0) is 16.4. The Labute approximate surface area is 136 Å². The minimum absolute atomic E-state index is 0.000956. The Balaban J connectivity index is 1.71. The van der Waals surface area contributed by atoms with Crippen LogP contribution in [0.5, 0.6) is 0 Å². The maximum absolute atomic E-state index is 12.5. The van der Waals surface area contributed by atoms with Gasteiger partial charge in [0.1, 0.15) is 5.76 Å². The fraction of sp³-hybridized carbons (Fsp3) is 0.667. The highest BCUT2D eigenvalue weighted by Crippen LogP contribution is 2.25. The van der Waals surface area contributed by atoms with E-state index in [4.69, 9.17) is 4.42 Å². The number of furan rings is 1. The molecule has 2 saturated heterocycles. The fourth-order valence-electron chi connectivity index (χ4n) is 3.32. The SMILES string of the molecule is CNC(=O)[C@H]1CCCN1Cc1ccc(S(=O)(=O)N2CCCC2)o1. The van der Waals surface area contributed by atoms with Crippen LogP contribution in [0.3, 0.4) is 0 Å². The molecular formula is C15H23N3O4S. The van der Waals surface area contributed by atoms with Crippen LogP contribution >= 0.6 is 0 Å². The molecule has 3 heterocycles. The zero-order valence-corrected chi connectivity index (χ0v) is 14.1. The first-order chi connectivity index (χ1) is 11.0. The van der Waals surface area contributed by atoms with E-state index in [0.717, 1.165) is 32.2 Å². The summed E-state index contributed by atoms with van der Waals surface area (Å²) in [5.41, 5.74) is 0. The number of hydrogen-bond donors (Lipinski definition) is 1. The molecule has 0 spiro atoms. The summed E-state index contributed by atoms with van der Waals surface area (Å²) >= 11 is 0. The van der Waals surface area contributed by atoms with Crippen molar-refractivity contribution < 1.29 is 17.6 Å². The third-order valence-electron chi connectivity index (χ3n) is 4.57. The number of nitrogens with one attached hydrogen (secondary N) is 1. The van der Waals surface area contributed by atoms with Gasteiger partial charge in [0.05, 0.1) is 12.6 Å². The molecule has 1 amide bonds. The third-order valence-corrected chi connectivity index (χ3v) is 6.34. The summed E-state index contributed by atoms with van der Waals surface area (Å²) in [6, 6.07) is 3.06. The molecule has 0 unspecified atom stereocenters. The largest absolute Gasteiger partial charge is 0.447 e. The van der Waals surface area contributed by atoms with Gasteiger partial charge >= 0.3 is 0 Å². The average Bonchev–Trinajstić information content (AvgIpc) is 3.28. The van der Waals surface area contributed by atoms with Gasteiger partial charge in [-0.25, -0.2) is 8.42 Å². The number of amides is 1. The lowest BCUT2D eigenvalue weighted by atomic mass is 10.2. The van der Waals surface area contributed by atoms with Crippen LogP contribution < -0.4 is 5.32 Å². The summed E-state index contributed by atoms with van der Waals surface area (Å²) in [7, 11) is -1.89. The number of likely N-dealkylation sites (N-methyl/N-ethyl adjacent to an activating group) is 1. The van der Waals surface area contributed by atoms with E-state index in [-0.39, 0.29) is 17.0 Å². The Bertz CT molecular complexity index is 664. The Morgan fingerprint density at radius 3 is 2.70 bits per heavy atom. The summed E-state index contributed by atoms with van der Waals surface area (Å²) in [4.78, 5) is 13.9. The predicted octanol–water partition coefficient (Wildman–Crippen LogP) is 0.774. The van der Waals surface area contributed by atoms with Crippen molar-refractivity contribution in [3.8, 4) is 0 Å². The highest BCUT2D eigenvalue weighted by atomic mass is 32.2. The lowest BCUT2D eigenvalue weighted by Gasteiger charge is -2.21. The first-order valence-corrected chi connectivity index (χ1v) is 9.51. The van der Waals surface area contributed by atoms with E-state index < -0.39 is 10.0 Å². The van der Waals surface area contributed by atoms with Gasteiger partial charge in [-0.1, -0.05) is 0 Å². The predicted molar refractivity (Wildman–Crippen MR) is 84.2 cm³/mol. The van der Waals surface area contributed by atoms with Gasteiger partial charge in [0.25, 0.3) is 10.0 Å². The van der Waals surface area contributed by atoms with Crippen molar-refractivity contribution in [1.29, 1.82) is 0 Å². The van der Waals surface area contributed by atoms with Crippen LogP contribution in [-0.2, 0) is 21.4 Å². The summed E-state index contributed by atoms with van der Waals surface area (Å²) in [5.74, 6) is 0.581. The van der Waals surface area contributed by atoms with Crippen molar-refractivity contribution in [3.05, 3.63) is 17.9 Å². The second-order valence-corrected chi connectivity index (χ2v) is 7.94. The lowest BCUT2D eigenvalue weighted by molar-refractivity contribution is -0.125. The van der Waals surface area contributed by atoms with Crippen molar-refractivity contribution >= 4 is 15.9 Å². The lowest BCUT2D eigenvalue weighted by Crippen LogP contribution is -2.41. The Hall–Kier alpha value is -1.38. The normalized spacial score (nSPS) is 23.4. The van der Waals surface area contributed by atoms with E-state index in [2.05, 4.69) is 5.32 Å². The van der Waals surface area contributed by atoms with E-state index in [1.807, 2.05) is 4.90 Å². The molecule has 0 radical (unpaired) electrons. The molecule has 7 nitrogen and oxygen atoms in total. The molecule has 1 atom stereocenters. The van der Waals surface area contributed by atoms with E-state index >= 15 is 0 Å². The molecule has 3 rings (SSSR count). The van der Waals surface area contributed by atoms with E-state index in [1.165, 1.54) is 10.4 Å². The molecule has 1 aromatic rings. The topological polar surface area (TPSA) is 82.9 Å². The van der Waals surface area contributed by atoms with Crippen LogP contribution in [-0.4, -0.2) is 56.3 Å². The molecule has 2 aliphatic heterocycles. The highest BCUT2D eigenvalue weighted by molar-refractivity contribution is 7.89. The standard InChI is InChI=1S/C15H23N3O4S/c1-16-15(19)13-5-4-8-17(13)11-12-6-7-14(22-12)23(20,21)18-9-2-3-10-18/h6-7,13H,2-5,8-11H2,1H3,(H,16,19)/t13-/m1/s1. The van der Waals surface area contributed by atoms with Gasteiger partial charge in [0.2, 0.25) is 11.0 Å². The van der Waals surface area contributed by atoms with Crippen molar-refractivity contribution in [3.63, 3.8) is 0 Å². The molecule has 0 bridgehead atoms. The van der Waals surface area contributed by atoms with Gasteiger partial charge in [-0.2, -0.15) is 4.31 Å². The van der Waals surface area contributed by atoms with Gasteiger partial charge in [-0.3, -0.25) is 9.69 Å². The number of carbonyl (C=O) groups is 1. The summed E-state index contributed by atoms with van der Waals surface area (Å²) < 4.78 is 32.0. The van der Waals surface area contributed by atoms with Crippen molar-refractivity contribution in [2.24, 2.45) is 0 Å². The van der Waals surface area contributed by atoms with Crippen molar-refractivity contribution in [2.45, 2.75) is 43.4 Å². The number of hydrogen-bond acceptors (Lipinski definition) is 5. The van der Waals surface area contributed by atoms with Gasteiger partial charge in [-0.15, -0.1) is 0 Å². The van der Waals surface area contributed by atoms with Crippen molar-refractivity contribution in [2.75, 3.05) is 26.7 Å². The molecule has 2 aliphatic rings. The number of sulfonamides is 1. The zero-order valence-electron chi connectivity index (χ0n) is 13.3. The average molecular weight is 341 g/mol. The Morgan fingerprint density at radius 1 is 1.26 bits per heavy atom. The molecule has 1 aromatic heterocycles. The van der Waals surface area contributed by atoms with Gasteiger partial charge < -0.3 is 9.73 Å². The van der Waals surface area contributed by atoms with Crippen LogP contribution in [0.25, 0.3) is 0 Å². The second kappa shape index (κ2) is 6.62. The minimum Gasteiger partial charge on any atom is -0.447 e. The number of nitrogens with zero attached hydrogens (tertiary/aromatic N) is 2. The molecule has 0 saturated carbocycles. The highest BCUT2D eigenvalue weighted by Gasteiger charge is 2.32. The molecule has 0 aromatic carbocycles. The van der Waals surface area contributed by atoms with Crippen LogP contribution in [0.1, 0.15) is 31.4 Å². The Morgan fingerprint density at radius 2 is 2.00 bits per heavy atom. The quantitative estimate of drug-likeness (QED) is 0.855. The minimum atomic E-state index is -3.52. The fourth-order valence-corrected chi connectivity index (χ4v) is 4.76. The molecule has 23 heavy (non-hydrogen) atoms. The number of carbonyl (C=O) groups excluding carboxylic acids is 1. The maximum Gasteiger partial charge on any atom is 0.276 e. The monoisotopic (exact) mass is 341 g/mol. The van der Waals surface area contributed by atoms with Gasteiger partial charge in [0, 0.05) is 20.1 Å². The second-order valence-electron chi connectivity index (χ2n) is 6.07. The number of rotatable bonds is 5. The first-order valence-electron chi connectivity index (χ1n) is 8.07. The van der Waals surface area contributed by atoms with Gasteiger partial charge in [0.15, 0.2) is 0 Å². The molecule has 128 valence electrons. The van der Waals surface area contributed by atoms with E-state index in [9.17, 15) is 13.2 Å². The molecule has 8 heteroatoms. The molecule has 2 fully saturated rings. The smallest absolute Gasteiger partial charge is 0.276 e. The van der Waals surface area contributed by atoms with Crippen LogP contribution in [0.4, 0.5) is 0 Å². The molecular weight excluding hydrogens is 318 g/mol. The van der Waals surface area contributed by atoms with Crippen LogP contribution in [0, 0.1) is 0 Å². The van der Waals surface area contributed by atoms with Crippen LogP contribution in [0.2, 0.25) is 0 Å². The molecule has 1 N–H and O–H groups in total. The van der Waals surface area contributed by atoms with Gasteiger partial charge in [-0.05, 0) is 44.4 Å². The molecule has 0 aliphatic carbocycles. The summed E-state index contributed by atoms with van der Waals surface area (Å²) in [6.07, 6.45) is 3.57.